The van der Waals surface area contributed by atoms with Crippen LogP contribution in [0.4, 0.5) is 0 Å². The van der Waals surface area contributed by atoms with Gasteiger partial charge in [-0.25, -0.2) is 0 Å². The lowest BCUT2D eigenvalue weighted by molar-refractivity contribution is -0.697. The van der Waals surface area contributed by atoms with Gasteiger partial charge in [-0.05, 0) is 6.07 Å². The van der Waals surface area contributed by atoms with Crippen LogP contribution in [0, 0.1) is 0 Å². The molecule has 74 valence electrons. The molecule has 0 radical (unpaired) electrons. The fraction of sp³-hybridized carbons (Fsp3) is 0.154. The summed E-state index contributed by atoms with van der Waals surface area (Å²) in [6.07, 6.45) is 2.91. The first-order chi connectivity index (χ1) is 7.34. The predicted octanol–water partition coefficient (Wildman–Crippen LogP) is 1.63. The molecule has 2 nitrogen and oxygen atoms in total. The number of aromatic nitrogens is 1. The normalized spacial score (nSPS) is 13.1. The molecule has 1 aliphatic rings. The summed E-state index contributed by atoms with van der Waals surface area (Å²) in [4.78, 5) is 0. The molecule has 0 saturated carbocycles. The highest BCUT2D eigenvalue weighted by Crippen LogP contribution is 2.25. The van der Waals surface area contributed by atoms with Gasteiger partial charge in [-0.3, -0.25) is 0 Å². The molecule has 0 spiro atoms. The van der Waals surface area contributed by atoms with Crippen LogP contribution < -0.4 is 4.57 Å². The van der Waals surface area contributed by atoms with Crippen LogP contribution in [0.15, 0.2) is 42.6 Å². The zero-order valence-electron chi connectivity index (χ0n) is 8.35. The Morgan fingerprint density at radius 2 is 2.00 bits per heavy atom. The van der Waals surface area contributed by atoms with E-state index in [1.165, 1.54) is 11.3 Å². The van der Waals surface area contributed by atoms with E-state index in [-0.39, 0.29) is 0 Å². The van der Waals surface area contributed by atoms with E-state index in [0.29, 0.717) is 5.75 Å². The predicted molar refractivity (Wildman–Crippen MR) is 56.7 cm³/mol. The maximum atomic E-state index is 9.77. The SMILES string of the molecule is Oc1cccc2c1Cc1cccc[n+]1C2. The topological polar surface area (TPSA) is 24.1 Å². The fourth-order valence-electron chi connectivity index (χ4n) is 2.16. The van der Waals surface area contributed by atoms with Crippen molar-refractivity contribution in [2.45, 2.75) is 13.0 Å². The van der Waals surface area contributed by atoms with Gasteiger partial charge >= 0.3 is 0 Å². The highest BCUT2D eigenvalue weighted by Gasteiger charge is 2.22. The molecule has 0 fully saturated rings. The summed E-state index contributed by atoms with van der Waals surface area (Å²) in [5, 5.41) is 9.77. The first kappa shape index (κ1) is 8.48. The molecule has 0 unspecified atom stereocenters. The molecule has 0 amide bonds. The summed E-state index contributed by atoms with van der Waals surface area (Å²) in [6.45, 7) is 0.861. The summed E-state index contributed by atoms with van der Waals surface area (Å²) in [5.41, 5.74) is 3.55. The van der Waals surface area contributed by atoms with Gasteiger partial charge in [-0.15, -0.1) is 0 Å². The van der Waals surface area contributed by atoms with Crippen molar-refractivity contribution in [3.05, 3.63) is 59.4 Å². The van der Waals surface area contributed by atoms with Crippen molar-refractivity contribution in [2.24, 2.45) is 0 Å². The van der Waals surface area contributed by atoms with E-state index < -0.39 is 0 Å². The second-order valence-electron chi connectivity index (χ2n) is 3.91. The molecule has 2 heteroatoms. The highest BCUT2D eigenvalue weighted by atomic mass is 16.3. The number of benzene rings is 1. The van der Waals surface area contributed by atoms with E-state index in [1.807, 2.05) is 18.2 Å². The number of nitrogens with zero attached hydrogens (tertiary/aromatic N) is 1. The molecule has 1 N–H and O–H groups in total. The van der Waals surface area contributed by atoms with E-state index in [4.69, 9.17) is 0 Å². The van der Waals surface area contributed by atoms with Crippen LogP contribution in [0.25, 0.3) is 0 Å². The summed E-state index contributed by atoms with van der Waals surface area (Å²) in [6, 6.07) is 11.9. The lowest BCUT2D eigenvalue weighted by atomic mass is 9.97. The molecule has 1 aromatic heterocycles. The Morgan fingerprint density at radius 1 is 1.07 bits per heavy atom. The minimum Gasteiger partial charge on any atom is -0.508 e. The monoisotopic (exact) mass is 198 g/mol. The van der Waals surface area contributed by atoms with Gasteiger partial charge in [0.15, 0.2) is 18.4 Å². The Kier molecular flexibility index (Phi) is 1.75. The number of hydrogen-bond donors (Lipinski definition) is 1. The van der Waals surface area contributed by atoms with Crippen LogP contribution in [0.5, 0.6) is 5.75 Å². The minimum absolute atomic E-state index is 0.419. The Morgan fingerprint density at radius 3 is 2.93 bits per heavy atom. The standard InChI is InChI=1S/C13H11NO/c15-13-6-3-4-10-9-14-7-2-1-5-11(14)8-12(10)13/h1-7H,8-9H2/p+1. The van der Waals surface area contributed by atoms with Crippen LogP contribution in [-0.4, -0.2) is 5.11 Å². The smallest absolute Gasteiger partial charge is 0.186 e. The van der Waals surface area contributed by atoms with Crippen molar-refractivity contribution >= 4 is 0 Å². The first-order valence-electron chi connectivity index (χ1n) is 5.11. The van der Waals surface area contributed by atoms with Gasteiger partial charge in [0.05, 0.1) is 6.42 Å². The Bertz CT molecular complexity index is 520. The van der Waals surface area contributed by atoms with E-state index in [9.17, 15) is 5.11 Å². The molecule has 0 bridgehead atoms. The van der Waals surface area contributed by atoms with Gasteiger partial charge in [0.1, 0.15) is 5.75 Å². The average Bonchev–Trinajstić information content (AvgIpc) is 2.27. The lowest BCUT2D eigenvalue weighted by Gasteiger charge is -2.14. The van der Waals surface area contributed by atoms with E-state index in [2.05, 4.69) is 22.9 Å². The van der Waals surface area contributed by atoms with Gasteiger partial charge in [0.2, 0.25) is 0 Å². The van der Waals surface area contributed by atoms with Gasteiger partial charge < -0.3 is 5.11 Å². The number of hydrogen-bond acceptors (Lipinski definition) is 1. The fourth-order valence-corrected chi connectivity index (χ4v) is 2.16. The minimum atomic E-state index is 0.419. The van der Waals surface area contributed by atoms with Crippen LogP contribution in [0.1, 0.15) is 16.8 Å². The quantitative estimate of drug-likeness (QED) is 0.545. The first-order valence-corrected chi connectivity index (χ1v) is 5.11. The van der Waals surface area contributed by atoms with Crippen molar-refractivity contribution in [3.63, 3.8) is 0 Å². The Labute approximate surface area is 88.4 Å². The van der Waals surface area contributed by atoms with Crippen molar-refractivity contribution in [3.8, 4) is 5.75 Å². The zero-order chi connectivity index (χ0) is 10.3. The third-order valence-corrected chi connectivity index (χ3v) is 2.98. The van der Waals surface area contributed by atoms with Gasteiger partial charge in [0, 0.05) is 23.3 Å². The number of phenolic OH excluding ortho intramolecular Hbond substituents is 1. The summed E-state index contributed by atoms with van der Waals surface area (Å²) in [5.74, 6) is 0.419. The molecule has 0 saturated heterocycles. The molecule has 1 aromatic carbocycles. The maximum Gasteiger partial charge on any atom is 0.186 e. The zero-order valence-corrected chi connectivity index (χ0v) is 8.35. The number of aromatic hydroxyl groups is 1. The second-order valence-corrected chi connectivity index (χ2v) is 3.91. The van der Waals surface area contributed by atoms with Crippen molar-refractivity contribution < 1.29 is 9.67 Å². The number of fused-ring (bicyclic) bond motifs is 2. The molecule has 15 heavy (non-hydrogen) atoms. The summed E-state index contributed by atoms with van der Waals surface area (Å²) < 4.78 is 2.22. The molecule has 0 aliphatic carbocycles. The third kappa shape index (κ3) is 1.30. The van der Waals surface area contributed by atoms with Crippen LogP contribution in [-0.2, 0) is 13.0 Å². The molecular formula is C13H12NO+. The highest BCUT2D eigenvalue weighted by molar-refractivity contribution is 5.41. The molecular weight excluding hydrogens is 186 g/mol. The van der Waals surface area contributed by atoms with Crippen LogP contribution in [0.3, 0.4) is 0 Å². The molecule has 3 rings (SSSR count). The third-order valence-electron chi connectivity index (χ3n) is 2.98. The largest absolute Gasteiger partial charge is 0.508 e. The molecule has 2 heterocycles. The second kappa shape index (κ2) is 3.09. The Hall–Kier alpha value is -1.83. The van der Waals surface area contributed by atoms with Crippen LogP contribution in [0.2, 0.25) is 0 Å². The van der Waals surface area contributed by atoms with E-state index >= 15 is 0 Å². The molecule has 0 atom stereocenters. The van der Waals surface area contributed by atoms with Gasteiger partial charge in [-0.2, -0.15) is 4.57 Å². The molecule has 1 aliphatic heterocycles. The summed E-state index contributed by atoms with van der Waals surface area (Å²) >= 11 is 0. The van der Waals surface area contributed by atoms with Crippen molar-refractivity contribution in [1.29, 1.82) is 0 Å². The summed E-state index contributed by atoms with van der Waals surface area (Å²) in [7, 11) is 0. The van der Waals surface area contributed by atoms with Crippen molar-refractivity contribution in [2.75, 3.05) is 0 Å². The molecule has 2 aromatic rings. The van der Waals surface area contributed by atoms with E-state index in [0.717, 1.165) is 18.5 Å². The maximum absolute atomic E-state index is 9.77. The average molecular weight is 198 g/mol. The lowest BCUT2D eigenvalue weighted by Crippen LogP contribution is -2.41. The van der Waals surface area contributed by atoms with Crippen molar-refractivity contribution in [1.82, 2.24) is 0 Å². The van der Waals surface area contributed by atoms with Crippen LogP contribution >= 0.6 is 0 Å². The van der Waals surface area contributed by atoms with E-state index in [1.54, 1.807) is 6.07 Å². The Balaban J connectivity index is 2.15. The number of phenols is 1. The van der Waals surface area contributed by atoms with Gasteiger partial charge in [0.25, 0.3) is 0 Å². The van der Waals surface area contributed by atoms with Gasteiger partial charge in [-0.1, -0.05) is 18.2 Å². The number of rotatable bonds is 0. The number of pyridine rings is 1.